The van der Waals surface area contributed by atoms with Gasteiger partial charge in [-0.2, -0.15) is 6.42 Å². The largest absolute Gasteiger partial charge is 0.358 e. The van der Waals surface area contributed by atoms with Crippen LogP contribution < -0.4 is 0 Å². The Kier molecular flexibility index (Phi) is 23.4. The Labute approximate surface area is 137 Å². The average Bonchev–Trinajstić information content (AvgIpc) is 2.26. The van der Waals surface area contributed by atoms with Crippen molar-refractivity contribution in [2.24, 2.45) is 11.8 Å². The van der Waals surface area contributed by atoms with Crippen molar-refractivity contribution >= 4 is 0 Å². The minimum Gasteiger partial charge on any atom is -0.358 e. The number of hydrogen-bond donors (Lipinski definition) is 0. The molecular weight excluding hydrogens is 281 g/mol. The van der Waals surface area contributed by atoms with Gasteiger partial charge in [-0.05, 0) is 5.92 Å². The Morgan fingerprint density at radius 3 is 1.65 bits per heavy atom. The van der Waals surface area contributed by atoms with Crippen LogP contribution in [0.5, 0.6) is 0 Å². The van der Waals surface area contributed by atoms with Crippen LogP contribution in [0, 0.1) is 26.2 Å². The molecule has 0 spiro atoms. The molecule has 0 N–H and O–H groups in total. The molecule has 0 saturated carbocycles. The molecule has 0 fully saturated rings. The SMILES string of the molecule is [CH2-]CC(C)CCCCCCCC(C)CC.[CH3-].[Y]. The van der Waals surface area contributed by atoms with E-state index in [0.717, 1.165) is 18.3 Å². The maximum absolute atomic E-state index is 3.94. The monoisotopic (exact) mass is 315 g/mol. The Morgan fingerprint density at radius 2 is 1.24 bits per heavy atom. The van der Waals surface area contributed by atoms with Gasteiger partial charge in [-0.15, -0.1) is 0 Å². The minimum absolute atomic E-state index is 0. The first-order valence-corrected chi connectivity index (χ1v) is 6.99. The summed E-state index contributed by atoms with van der Waals surface area (Å²) in [7, 11) is 0. The van der Waals surface area contributed by atoms with E-state index in [-0.39, 0.29) is 40.1 Å². The molecule has 1 radical (unpaired) electrons. The number of hydrogen-bond acceptors (Lipinski definition) is 0. The van der Waals surface area contributed by atoms with E-state index in [4.69, 9.17) is 0 Å². The van der Waals surface area contributed by atoms with Crippen LogP contribution in [-0.4, -0.2) is 0 Å². The van der Waals surface area contributed by atoms with Crippen LogP contribution in [0.25, 0.3) is 0 Å². The predicted octanol–water partition coefficient (Wildman–Crippen LogP) is 6.07. The van der Waals surface area contributed by atoms with E-state index in [9.17, 15) is 0 Å². The fourth-order valence-electron chi connectivity index (χ4n) is 1.86. The average molecular weight is 315 g/mol. The van der Waals surface area contributed by atoms with E-state index < -0.39 is 0 Å². The Balaban J connectivity index is -0.000000980. The molecule has 0 aromatic carbocycles. The molecule has 0 bridgehead atoms. The zero-order chi connectivity index (χ0) is 11.5. The number of rotatable bonds is 10. The first-order chi connectivity index (χ1) is 7.20. The fraction of sp³-hybridized carbons (Fsp3) is 0.875. The van der Waals surface area contributed by atoms with Crippen molar-refractivity contribution in [1.82, 2.24) is 0 Å². The maximum atomic E-state index is 3.94. The predicted molar refractivity (Wildman–Crippen MR) is 77.3 cm³/mol. The molecule has 0 amide bonds. The van der Waals surface area contributed by atoms with Crippen molar-refractivity contribution in [2.45, 2.75) is 78.6 Å². The topological polar surface area (TPSA) is 0 Å². The standard InChI is InChI=1S/C15H31.CH3.Y/c1-5-14(3)12-10-8-7-9-11-13-15(4)6-2;;/h14-15H,1,5-13H2,2-4H3;1H3;/q2*-1;. The van der Waals surface area contributed by atoms with Crippen molar-refractivity contribution in [1.29, 1.82) is 0 Å². The summed E-state index contributed by atoms with van der Waals surface area (Å²) in [6.45, 7) is 10.9. The van der Waals surface area contributed by atoms with Crippen molar-refractivity contribution in [3.8, 4) is 0 Å². The maximum Gasteiger partial charge on any atom is 0 e. The minimum atomic E-state index is 0. The van der Waals surface area contributed by atoms with Gasteiger partial charge < -0.3 is 14.4 Å². The smallest absolute Gasteiger partial charge is 0 e. The number of unbranched alkanes of at least 4 members (excludes halogenated alkanes) is 4. The summed E-state index contributed by atoms with van der Waals surface area (Å²) in [5.41, 5.74) is 0. The summed E-state index contributed by atoms with van der Waals surface area (Å²) in [5.74, 6) is 1.78. The van der Waals surface area contributed by atoms with Gasteiger partial charge in [0.25, 0.3) is 0 Å². The molecule has 0 aliphatic heterocycles. The normalized spacial score (nSPS) is 13.4. The quantitative estimate of drug-likeness (QED) is 0.339. The third kappa shape index (κ3) is 17.1. The van der Waals surface area contributed by atoms with Gasteiger partial charge in [0.2, 0.25) is 0 Å². The van der Waals surface area contributed by atoms with E-state index in [1.165, 1.54) is 51.4 Å². The molecular formula is C16H34Y-2. The van der Waals surface area contributed by atoms with E-state index >= 15 is 0 Å². The second-order valence-corrected chi connectivity index (χ2v) is 5.25. The fourth-order valence-corrected chi connectivity index (χ4v) is 1.86. The van der Waals surface area contributed by atoms with Crippen LogP contribution in [0.3, 0.4) is 0 Å². The van der Waals surface area contributed by atoms with E-state index in [2.05, 4.69) is 27.7 Å². The van der Waals surface area contributed by atoms with Crippen LogP contribution >= 0.6 is 0 Å². The first kappa shape index (κ1) is 23.2. The van der Waals surface area contributed by atoms with Gasteiger partial charge in [-0.1, -0.05) is 78.1 Å². The van der Waals surface area contributed by atoms with E-state index in [0.29, 0.717) is 0 Å². The van der Waals surface area contributed by atoms with Crippen LogP contribution in [-0.2, 0) is 32.7 Å². The molecule has 0 aliphatic carbocycles. The summed E-state index contributed by atoms with van der Waals surface area (Å²) >= 11 is 0. The molecule has 2 atom stereocenters. The van der Waals surface area contributed by atoms with Crippen LogP contribution in [0.4, 0.5) is 0 Å². The van der Waals surface area contributed by atoms with Crippen LogP contribution in [0.1, 0.15) is 78.6 Å². The van der Waals surface area contributed by atoms with E-state index in [1.54, 1.807) is 0 Å². The third-order valence-electron chi connectivity index (χ3n) is 3.58. The summed E-state index contributed by atoms with van der Waals surface area (Å²) in [4.78, 5) is 0. The molecule has 0 aromatic rings. The molecule has 0 nitrogen and oxygen atoms in total. The van der Waals surface area contributed by atoms with Crippen molar-refractivity contribution in [3.05, 3.63) is 14.4 Å². The molecule has 0 saturated heterocycles. The summed E-state index contributed by atoms with van der Waals surface area (Å²) in [6.07, 6.45) is 12.5. The van der Waals surface area contributed by atoms with Crippen LogP contribution in [0.2, 0.25) is 0 Å². The molecule has 17 heavy (non-hydrogen) atoms. The molecule has 0 aromatic heterocycles. The van der Waals surface area contributed by atoms with Crippen molar-refractivity contribution < 1.29 is 32.7 Å². The zero-order valence-corrected chi connectivity index (χ0v) is 15.6. The molecule has 0 heterocycles. The molecule has 0 aliphatic rings. The molecule has 2 unspecified atom stereocenters. The van der Waals surface area contributed by atoms with Crippen molar-refractivity contribution in [3.63, 3.8) is 0 Å². The van der Waals surface area contributed by atoms with Crippen molar-refractivity contribution in [2.75, 3.05) is 0 Å². The molecule has 0 rings (SSSR count). The molecule has 103 valence electrons. The molecule has 1 heteroatoms. The summed E-state index contributed by atoms with van der Waals surface area (Å²) in [6, 6.07) is 0. The van der Waals surface area contributed by atoms with Gasteiger partial charge in [-0.25, -0.2) is 0 Å². The van der Waals surface area contributed by atoms with Gasteiger partial charge in [0, 0.05) is 32.7 Å². The van der Waals surface area contributed by atoms with Gasteiger partial charge in [0.05, 0.1) is 0 Å². The van der Waals surface area contributed by atoms with Gasteiger partial charge in [-0.3, -0.25) is 0 Å². The Bertz CT molecular complexity index is 109. The summed E-state index contributed by atoms with van der Waals surface area (Å²) < 4.78 is 0. The second kappa shape index (κ2) is 17.1. The second-order valence-electron chi connectivity index (χ2n) is 5.25. The van der Waals surface area contributed by atoms with Gasteiger partial charge in [0.15, 0.2) is 0 Å². The zero-order valence-electron chi connectivity index (χ0n) is 12.8. The Morgan fingerprint density at radius 1 is 0.824 bits per heavy atom. The van der Waals surface area contributed by atoms with Crippen LogP contribution in [0.15, 0.2) is 0 Å². The Hall–Kier alpha value is 1.10. The first-order valence-electron chi connectivity index (χ1n) is 6.99. The van der Waals surface area contributed by atoms with Gasteiger partial charge in [0.1, 0.15) is 0 Å². The third-order valence-corrected chi connectivity index (χ3v) is 3.58. The van der Waals surface area contributed by atoms with E-state index in [1.807, 2.05) is 0 Å². The summed E-state index contributed by atoms with van der Waals surface area (Å²) in [5, 5.41) is 0. The van der Waals surface area contributed by atoms with Gasteiger partial charge >= 0.3 is 0 Å².